The van der Waals surface area contributed by atoms with Gasteiger partial charge in [0.1, 0.15) is 6.10 Å². The Morgan fingerprint density at radius 2 is 2.12 bits per heavy atom. The lowest BCUT2D eigenvalue weighted by atomic mass is 9.80. The van der Waals surface area contributed by atoms with Crippen LogP contribution in [0.3, 0.4) is 0 Å². The first-order valence-electron chi connectivity index (χ1n) is 6.42. The van der Waals surface area contributed by atoms with Crippen molar-refractivity contribution in [3.8, 4) is 5.88 Å². The topological polar surface area (TPSA) is 42.4 Å². The van der Waals surface area contributed by atoms with E-state index in [1.807, 2.05) is 12.1 Å². The van der Waals surface area contributed by atoms with E-state index >= 15 is 0 Å². The van der Waals surface area contributed by atoms with Crippen LogP contribution in [0.15, 0.2) is 18.2 Å². The minimum atomic E-state index is -0.0324. The molecule has 0 aliphatic heterocycles. The minimum Gasteiger partial charge on any atom is -0.474 e. The third-order valence-corrected chi connectivity index (χ3v) is 3.78. The number of hydrogen-bond acceptors (Lipinski definition) is 3. The molecule has 1 heterocycles. The number of pyridine rings is 1. The lowest BCUT2D eigenvalue weighted by Gasteiger charge is -2.31. The van der Waals surface area contributed by atoms with Crippen LogP contribution in [0.4, 0.5) is 0 Å². The maximum atomic E-state index is 9.03. The van der Waals surface area contributed by atoms with Crippen molar-refractivity contribution >= 4 is 0 Å². The van der Waals surface area contributed by atoms with E-state index in [9.17, 15) is 0 Å². The van der Waals surface area contributed by atoms with E-state index in [1.165, 1.54) is 6.42 Å². The molecule has 1 aromatic rings. The van der Waals surface area contributed by atoms with E-state index < -0.39 is 0 Å². The SMILES string of the molecule is CC1CCC(Oc2cccc(CO)n2)CC1C. The first-order chi connectivity index (χ1) is 8.19. The van der Waals surface area contributed by atoms with E-state index in [2.05, 4.69) is 18.8 Å². The van der Waals surface area contributed by atoms with Crippen molar-refractivity contribution < 1.29 is 9.84 Å². The maximum absolute atomic E-state index is 9.03. The Balaban J connectivity index is 1.96. The van der Waals surface area contributed by atoms with Gasteiger partial charge >= 0.3 is 0 Å². The molecule has 0 amide bonds. The first kappa shape index (κ1) is 12.4. The molecule has 2 rings (SSSR count). The second-order valence-corrected chi connectivity index (χ2v) is 5.13. The molecule has 3 unspecified atom stereocenters. The van der Waals surface area contributed by atoms with E-state index in [0.717, 1.165) is 24.7 Å². The molecule has 0 aromatic carbocycles. The molecule has 0 saturated heterocycles. The van der Waals surface area contributed by atoms with Gasteiger partial charge in [0.2, 0.25) is 5.88 Å². The second kappa shape index (κ2) is 5.50. The summed E-state index contributed by atoms with van der Waals surface area (Å²) in [7, 11) is 0. The monoisotopic (exact) mass is 235 g/mol. The summed E-state index contributed by atoms with van der Waals surface area (Å²) in [6.45, 7) is 4.57. The second-order valence-electron chi connectivity index (χ2n) is 5.13. The normalized spacial score (nSPS) is 29.0. The third kappa shape index (κ3) is 3.19. The van der Waals surface area contributed by atoms with Gasteiger partial charge in [-0.1, -0.05) is 19.9 Å². The van der Waals surface area contributed by atoms with Crippen molar-refractivity contribution in [2.75, 3.05) is 0 Å². The molecule has 17 heavy (non-hydrogen) atoms. The van der Waals surface area contributed by atoms with Gasteiger partial charge in [-0.3, -0.25) is 0 Å². The van der Waals surface area contributed by atoms with Gasteiger partial charge in [0.25, 0.3) is 0 Å². The molecule has 3 atom stereocenters. The Morgan fingerprint density at radius 3 is 2.82 bits per heavy atom. The molecule has 1 fully saturated rings. The lowest BCUT2D eigenvalue weighted by Crippen LogP contribution is -2.29. The summed E-state index contributed by atoms with van der Waals surface area (Å²) in [4.78, 5) is 4.26. The number of aliphatic hydroxyl groups excluding tert-OH is 1. The molecule has 3 heteroatoms. The molecule has 1 aliphatic carbocycles. The van der Waals surface area contributed by atoms with Crippen LogP contribution in [0.1, 0.15) is 38.8 Å². The van der Waals surface area contributed by atoms with Crippen LogP contribution in [0.25, 0.3) is 0 Å². The fraction of sp³-hybridized carbons (Fsp3) is 0.643. The average Bonchev–Trinajstić information content (AvgIpc) is 2.34. The number of rotatable bonds is 3. The molecule has 1 aromatic heterocycles. The summed E-state index contributed by atoms with van der Waals surface area (Å²) >= 11 is 0. The summed E-state index contributed by atoms with van der Waals surface area (Å²) in [6, 6.07) is 5.54. The predicted octanol–water partition coefficient (Wildman–Crippen LogP) is 2.78. The summed E-state index contributed by atoms with van der Waals surface area (Å²) in [5.74, 6) is 2.16. The number of aromatic nitrogens is 1. The highest BCUT2D eigenvalue weighted by Gasteiger charge is 2.25. The van der Waals surface area contributed by atoms with Crippen LogP contribution in [0.2, 0.25) is 0 Å². The quantitative estimate of drug-likeness (QED) is 0.876. The number of ether oxygens (including phenoxy) is 1. The highest BCUT2D eigenvalue weighted by molar-refractivity contribution is 5.15. The molecule has 0 bridgehead atoms. The summed E-state index contributed by atoms with van der Waals surface area (Å²) in [6.07, 6.45) is 3.72. The highest BCUT2D eigenvalue weighted by atomic mass is 16.5. The van der Waals surface area contributed by atoms with E-state index in [0.29, 0.717) is 11.6 Å². The molecule has 0 spiro atoms. The molecule has 1 aliphatic rings. The van der Waals surface area contributed by atoms with Crippen LogP contribution in [0, 0.1) is 11.8 Å². The van der Waals surface area contributed by atoms with Gasteiger partial charge in [0.05, 0.1) is 12.3 Å². The van der Waals surface area contributed by atoms with Gasteiger partial charge in [-0.25, -0.2) is 4.98 Å². The Hall–Kier alpha value is -1.09. The van der Waals surface area contributed by atoms with Crippen LogP contribution >= 0.6 is 0 Å². The summed E-state index contributed by atoms with van der Waals surface area (Å²) in [5.41, 5.74) is 0.666. The van der Waals surface area contributed by atoms with Gasteiger partial charge in [0, 0.05) is 6.07 Å². The first-order valence-corrected chi connectivity index (χ1v) is 6.42. The largest absolute Gasteiger partial charge is 0.474 e. The maximum Gasteiger partial charge on any atom is 0.213 e. The van der Waals surface area contributed by atoms with Crippen molar-refractivity contribution in [2.24, 2.45) is 11.8 Å². The number of nitrogens with zero attached hydrogens (tertiary/aromatic N) is 1. The van der Waals surface area contributed by atoms with Crippen molar-refractivity contribution in [1.82, 2.24) is 4.98 Å². The molecule has 1 saturated carbocycles. The molecule has 3 nitrogen and oxygen atoms in total. The van der Waals surface area contributed by atoms with Gasteiger partial charge in [0.15, 0.2) is 0 Å². The van der Waals surface area contributed by atoms with Crippen LogP contribution < -0.4 is 4.74 Å². The van der Waals surface area contributed by atoms with Crippen LogP contribution in [-0.2, 0) is 6.61 Å². The van der Waals surface area contributed by atoms with Crippen molar-refractivity contribution in [3.05, 3.63) is 23.9 Å². The molecular weight excluding hydrogens is 214 g/mol. The van der Waals surface area contributed by atoms with Crippen LogP contribution in [-0.4, -0.2) is 16.2 Å². The summed E-state index contributed by atoms with van der Waals surface area (Å²) < 4.78 is 5.89. The zero-order valence-electron chi connectivity index (χ0n) is 10.6. The molecule has 1 N–H and O–H groups in total. The Morgan fingerprint density at radius 1 is 1.29 bits per heavy atom. The standard InChI is InChI=1S/C14H21NO2/c1-10-6-7-13(8-11(10)2)17-14-5-3-4-12(9-16)15-14/h3-5,10-11,13,16H,6-9H2,1-2H3. The summed E-state index contributed by atoms with van der Waals surface area (Å²) in [5, 5.41) is 9.03. The molecule has 94 valence electrons. The van der Waals surface area contributed by atoms with Crippen molar-refractivity contribution in [1.29, 1.82) is 0 Å². The molecule has 0 radical (unpaired) electrons. The van der Waals surface area contributed by atoms with Crippen molar-refractivity contribution in [2.45, 2.75) is 45.8 Å². The van der Waals surface area contributed by atoms with Crippen molar-refractivity contribution in [3.63, 3.8) is 0 Å². The fourth-order valence-corrected chi connectivity index (χ4v) is 2.39. The third-order valence-electron chi connectivity index (χ3n) is 3.78. The number of aliphatic hydroxyl groups is 1. The van der Waals surface area contributed by atoms with Gasteiger partial charge < -0.3 is 9.84 Å². The van der Waals surface area contributed by atoms with E-state index in [4.69, 9.17) is 9.84 Å². The van der Waals surface area contributed by atoms with Gasteiger partial charge in [-0.15, -0.1) is 0 Å². The van der Waals surface area contributed by atoms with Gasteiger partial charge in [-0.2, -0.15) is 0 Å². The van der Waals surface area contributed by atoms with Gasteiger partial charge in [-0.05, 0) is 37.2 Å². The fourth-order valence-electron chi connectivity index (χ4n) is 2.39. The highest BCUT2D eigenvalue weighted by Crippen LogP contribution is 2.31. The Kier molecular flexibility index (Phi) is 4.00. The Labute approximate surface area is 103 Å². The average molecular weight is 235 g/mol. The zero-order chi connectivity index (χ0) is 12.3. The van der Waals surface area contributed by atoms with E-state index in [-0.39, 0.29) is 12.7 Å². The van der Waals surface area contributed by atoms with Crippen LogP contribution in [0.5, 0.6) is 5.88 Å². The molecular formula is C14H21NO2. The smallest absolute Gasteiger partial charge is 0.213 e. The van der Waals surface area contributed by atoms with E-state index in [1.54, 1.807) is 6.07 Å². The number of hydrogen-bond donors (Lipinski definition) is 1. The predicted molar refractivity (Wildman–Crippen MR) is 66.8 cm³/mol. The lowest BCUT2D eigenvalue weighted by molar-refractivity contribution is 0.0959. The zero-order valence-corrected chi connectivity index (χ0v) is 10.6. The minimum absolute atomic E-state index is 0.0324. The Bertz CT molecular complexity index is 367.